The van der Waals surface area contributed by atoms with Crippen molar-refractivity contribution in [3.05, 3.63) is 0 Å². The fraction of sp³-hybridized carbons (Fsp3) is 1.00. The second kappa shape index (κ2) is 6.59. The lowest BCUT2D eigenvalue weighted by molar-refractivity contribution is 0.167. The summed E-state index contributed by atoms with van der Waals surface area (Å²) in [7, 11) is -3.29. The van der Waals surface area contributed by atoms with Crippen LogP contribution in [0.2, 0.25) is 0 Å². The number of hydrogen-bond acceptors (Lipinski definition) is 3. The molecule has 1 unspecified atom stereocenters. The fourth-order valence-corrected chi connectivity index (χ4v) is 2.24. The summed E-state index contributed by atoms with van der Waals surface area (Å²) in [4.78, 5) is 0. The minimum atomic E-state index is -3.29. The van der Waals surface area contributed by atoms with Gasteiger partial charge in [0, 0.05) is 12.4 Å². The van der Waals surface area contributed by atoms with Crippen molar-refractivity contribution in [3.63, 3.8) is 0 Å². The van der Waals surface area contributed by atoms with E-state index in [0.717, 1.165) is 6.42 Å². The van der Waals surface area contributed by atoms with Gasteiger partial charge in [-0.05, 0) is 6.42 Å². The van der Waals surface area contributed by atoms with Gasteiger partial charge in [-0.25, -0.2) is 13.1 Å². The first kappa shape index (κ1) is 13.2. The van der Waals surface area contributed by atoms with Gasteiger partial charge in [-0.1, -0.05) is 13.3 Å². The van der Waals surface area contributed by atoms with Crippen LogP contribution in [0, 0.1) is 0 Å². The molecule has 1 atom stereocenters. The zero-order chi connectivity index (χ0) is 10.3. The van der Waals surface area contributed by atoms with Gasteiger partial charge in [-0.2, -0.15) is 0 Å². The lowest BCUT2D eigenvalue weighted by Crippen LogP contribution is -2.34. The zero-order valence-corrected chi connectivity index (χ0v) is 9.24. The van der Waals surface area contributed by atoms with E-state index >= 15 is 0 Å². The molecule has 0 radical (unpaired) electrons. The molecule has 80 valence electrons. The maximum Gasteiger partial charge on any atom is 0.212 e. The highest BCUT2D eigenvalue weighted by molar-refractivity contribution is 7.89. The highest BCUT2D eigenvalue weighted by Gasteiger charge is 2.11. The van der Waals surface area contributed by atoms with Crippen LogP contribution in [0.5, 0.6) is 0 Å². The molecule has 4 nitrogen and oxygen atoms in total. The summed E-state index contributed by atoms with van der Waals surface area (Å²) < 4.78 is 24.3. The van der Waals surface area contributed by atoms with Crippen LogP contribution >= 0.6 is 11.6 Å². The van der Waals surface area contributed by atoms with Crippen LogP contribution in [0.1, 0.15) is 19.8 Å². The predicted molar refractivity (Wildman–Crippen MR) is 53.4 cm³/mol. The van der Waals surface area contributed by atoms with Crippen molar-refractivity contribution in [2.45, 2.75) is 25.9 Å². The van der Waals surface area contributed by atoms with Crippen molar-refractivity contribution < 1.29 is 13.5 Å². The summed E-state index contributed by atoms with van der Waals surface area (Å²) in [6, 6.07) is 0. The topological polar surface area (TPSA) is 66.4 Å². The van der Waals surface area contributed by atoms with Crippen LogP contribution in [0.3, 0.4) is 0 Å². The van der Waals surface area contributed by atoms with E-state index in [-0.39, 0.29) is 18.2 Å². The second-order valence-corrected chi connectivity index (χ2v) is 5.10. The highest BCUT2D eigenvalue weighted by atomic mass is 35.5. The quantitative estimate of drug-likeness (QED) is 0.618. The molecule has 0 aliphatic rings. The number of halogens is 1. The number of alkyl halides is 1. The Kier molecular flexibility index (Phi) is 6.67. The molecule has 0 saturated heterocycles. The van der Waals surface area contributed by atoms with E-state index in [4.69, 9.17) is 11.6 Å². The van der Waals surface area contributed by atoms with E-state index in [2.05, 4.69) is 4.72 Å². The maximum absolute atomic E-state index is 11.0. The molecule has 13 heavy (non-hydrogen) atoms. The number of hydrogen-bond donors (Lipinski definition) is 2. The van der Waals surface area contributed by atoms with E-state index in [0.29, 0.717) is 6.42 Å². The molecular formula is C7H16ClNO3S. The number of sulfonamides is 1. The molecule has 0 rings (SSSR count). The Labute approximate surface area is 84.3 Å². The number of nitrogens with one attached hydrogen (secondary N) is 1. The minimum absolute atomic E-state index is 0.0687. The number of aliphatic hydroxyl groups excluding tert-OH is 1. The van der Waals surface area contributed by atoms with Gasteiger partial charge in [0.15, 0.2) is 0 Å². The Morgan fingerprint density at radius 2 is 2.15 bits per heavy atom. The first-order chi connectivity index (χ1) is 6.02. The molecule has 0 amide bonds. The molecule has 0 bridgehead atoms. The molecule has 0 saturated carbocycles. The molecule has 0 aromatic rings. The number of rotatable bonds is 7. The molecule has 0 fully saturated rings. The Bertz CT molecular complexity index is 218. The van der Waals surface area contributed by atoms with E-state index in [1.165, 1.54) is 0 Å². The van der Waals surface area contributed by atoms with Gasteiger partial charge >= 0.3 is 0 Å². The van der Waals surface area contributed by atoms with Crippen molar-refractivity contribution in [1.82, 2.24) is 4.72 Å². The van der Waals surface area contributed by atoms with E-state index < -0.39 is 16.1 Å². The first-order valence-electron chi connectivity index (χ1n) is 4.23. The summed E-state index contributed by atoms with van der Waals surface area (Å²) in [5, 5.41) is 9.22. The lowest BCUT2D eigenvalue weighted by Gasteiger charge is -2.10. The largest absolute Gasteiger partial charge is 0.392 e. The molecule has 0 aromatic carbocycles. The van der Waals surface area contributed by atoms with Gasteiger partial charge in [0.05, 0.1) is 11.9 Å². The summed E-state index contributed by atoms with van der Waals surface area (Å²) in [5.41, 5.74) is 0. The van der Waals surface area contributed by atoms with Crippen molar-refractivity contribution in [2.24, 2.45) is 0 Å². The average Bonchev–Trinajstić information content (AvgIpc) is 2.02. The van der Waals surface area contributed by atoms with Crippen LogP contribution in [-0.4, -0.2) is 37.8 Å². The van der Waals surface area contributed by atoms with Crippen molar-refractivity contribution in [3.8, 4) is 0 Å². The van der Waals surface area contributed by atoms with Crippen LogP contribution in [-0.2, 0) is 10.0 Å². The van der Waals surface area contributed by atoms with E-state index in [9.17, 15) is 13.5 Å². The second-order valence-electron chi connectivity index (χ2n) is 2.80. The molecule has 0 spiro atoms. The smallest absolute Gasteiger partial charge is 0.212 e. The summed E-state index contributed by atoms with van der Waals surface area (Å²) in [5.74, 6) is -0.0351. The molecule has 0 aromatic heterocycles. The van der Waals surface area contributed by atoms with Crippen LogP contribution in [0.15, 0.2) is 0 Å². The Morgan fingerprint density at radius 3 is 2.62 bits per heavy atom. The summed E-state index contributed by atoms with van der Waals surface area (Å²) >= 11 is 5.28. The minimum Gasteiger partial charge on any atom is -0.392 e. The fourth-order valence-electron chi connectivity index (χ4n) is 0.832. The third kappa shape index (κ3) is 7.25. The molecule has 0 aliphatic carbocycles. The van der Waals surface area contributed by atoms with Gasteiger partial charge in [0.1, 0.15) is 0 Å². The van der Waals surface area contributed by atoms with Crippen molar-refractivity contribution in [2.75, 3.05) is 18.2 Å². The van der Waals surface area contributed by atoms with Crippen molar-refractivity contribution in [1.29, 1.82) is 0 Å². The van der Waals surface area contributed by atoms with Crippen LogP contribution < -0.4 is 4.72 Å². The van der Waals surface area contributed by atoms with Crippen LogP contribution in [0.4, 0.5) is 0 Å². The normalized spacial score (nSPS) is 14.4. The van der Waals surface area contributed by atoms with E-state index in [1.54, 1.807) is 0 Å². The van der Waals surface area contributed by atoms with Crippen LogP contribution in [0.25, 0.3) is 0 Å². The molecule has 2 N–H and O–H groups in total. The molecular weight excluding hydrogens is 214 g/mol. The zero-order valence-electron chi connectivity index (χ0n) is 7.66. The third-order valence-corrected chi connectivity index (χ3v) is 3.27. The molecule has 0 aliphatic heterocycles. The van der Waals surface area contributed by atoms with Gasteiger partial charge in [0.25, 0.3) is 0 Å². The Hall–Kier alpha value is 0.160. The SMILES string of the molecule is CCCC(O)CNS(=O)(=O)CCCl. The van der Waals surface area contributed by atoms with E-state index in [1.807, 2.05) is 6.92 Å². The average molecular weight is 230 g/mol. The van der Waals surface area contributed by atoms with Gasteiger partial charge in [0.2, 0.25) is 10.0 Å². The first-order valence-corrected chi connectivity index (χ1v) is 6.42. The van der Waals surface area contributed by atoms with Crippen molar-refractivity contribution >= 4 is 21.6 Å². The highest BCUT2D eigenvalue weighted by Crippen LogP contribution is 1.95. The monoisotopic (exact) mass is 229 g/mol. The maximum atomic E-state index is 11.0. The molecule has 0 heterocycles. The Balaban J connectivity index is 3.74. The van der Waals surface area contributed by atoms with Gasteiger partial charge in [-0.3, -0.25) is 0 Å². The number of aliphatic hydroxyl groups is 1. The Morgan fingerprint density at radius 1 is 1.54 bits per heavy atom. The predicted octanol–water partition coefficient (Wildman–Crippen LogP) is 0.306. The summed E-state index contributed by atoms with van der Waals surface area (Å²) in [6.07, 6.45) is 0.831. The van der Waals surface area contributed by atoms with Gasteiger partial charge < -0.3 is 5.11 Å². The molecule has 6 heteroatoms. The third-order valence-electron chi connectivity index (χ3n) is 1.51. The van der Waals surface area contributed by atoms with Gasteiger partial charge in [-0.15, -0.1) is 11.6 Å². The standard InChI is InChI=1S/C7H16ClNO3S/c1-2-3-7(10)6-9-13(11,12)5-4-8/h7,9-10H,2-6H2,1H3. The lowest BCUT2D eigenvalue weighted by atomic mass is 10.2. The summed E-state index contributed by atoms with van der Waals surface area (Å²) in [6.45, 7) is 2.00.